The average molecular weight is 343 g/mol. The number of aryl methyl sites for hydroxylation is 1. The Morgan fingerprint density at radius 2 is 2.26 bits per heavy atom. The Hall–Kier alpha value is -0.780. The Morgan fingerprint density at radius 3 is 2.89 bits per heavy atom. The van der Waals surface area contributed by atoms with E-state index in [0.717, 1.165) is 28.1 Å². The van der Waals surface area contributed by atoms with Gasteiger partial charge in [-0.15, -0.1) is 11.3 Å². The van der Waals surface area contributed by atoms with E-state index >= 15 is 0 Å². The zero-order valence-electron chi connectivity index (χ0n) is 10.9. The summed E-state index contributed by atoms with van der Waals surface area (Å²) in [6.45, 7) is 4.88. The minimum absolute atomic E-state index is 0.192. The van der Waals surface area contributed by atoms with Crippen molar-refractivity contribution in [3.05, 3.63) is 50.1 Å². The number of hydrogen-bond donors (Lipinski definition) is 1. The van der Waals surface area contributed by atoms with Crippen LogP contribution in [-0.2, 0) is 0 Å². The second-order valence-corrected chi connectivity index (χ2v) is 6.32. The predicted octanol–water partition coefficient (Wildman–Crippen LogP) is 4.44. The standard InChI is InChI=1S/C14H16BrFN2S/c1-3-6-17-14(13-8-19-9(2)18-13)11-7-10(15)4-5-12(11)16/h4-5,7-8,14,17H,3,6H2,1-2H3. The van der Waals surface area contributed by atoms with Gasteiger partial charge in [0.1, 0.15) is 5.82 Å². The summed E-state index contributed by atoms with van der Waals surface area (Å²) in [6.07, 6.45) is 0.995. The SMILES string of the molecule is CCCNC(c1csc(C)n1)c1cc(Br)ccc1F. The Balaban J connectivity index is 2.39. The molecule has 0 aliphatic heterocycles. The molecule has 1 unspecified atom stereocenters. The van der Waals surface area contributed by atoms with E-state index in [4.69, 9.17) is 0 Å². The van der Waals surface area contributed by atoms with Crippen molar-refractivity contribution in [1.29, 1.82) is 0 Å². The van der Waals surface area contributed by atoms with Gasteiger partial charge in [0.2, 0.25) is 0 Å². The zero-order chi connectivity index (χ0) is 13.8. The largest absolute Gasteiger partial charge is 0.305 e. The van der Waals surface area contributed by atoms with E-state index in [9.17, 15) is 4.39 Å². The van der Waals surface area contributed by atoms with Crippen molar-refractivity contribution in [1.82, 2.24) is 10.3 Å². The third-order valence-corrected chi connectivity index (χ3v) is 4.09. The third-order valence-electron chi connectivity index (χ3n) is 2.80. The molecule has 1 aromatic heterocycles. The van der Waals surface area contributed by atoms with Gasteiger partial charge in [0.15, 0.2) is 0 Å². The van der Waals surface area contributed by atoms with E-state index in [1.807, 2.05) is 18.4 Å². The molecule has 0 saturated carbocycles. The molecular formula is C14H16BrFN2S. The third kappa shape index (κ3) is 3.61. The van der Waals surface area contributed by atoms with E-state index in [2.05, 4.69) is 33.2 Å². The van der Waals surface area contributed by atoms with E-state index < -0.39 is 0 Å². The monoisotopic (exact) mass is 342 g/mol. The van der Waals surface area contributed by atoms with Crippen molar-refractivity contribution >= 4 is 27.3 Å². The van der Waals surface area contributed by atoms with Crippen LogP contribution in [0.4, 0.5) is 4.39 Å². The maximum atomic E-state index is 14.1. The lowest BCUT2D eigenvalue weighted by Crippen LogP contribution is -2.24. The van der Waals surface area contributed by atoms with Crippen LogP contribution in [0, 0.1) is 12.7 Å². The molecule has 19 heavy (non-hydrogen) atoms. The topological polar surface area (TPSA) is 24.9 Å². The van der Waals surface area contributed by atoms with Gasteiger partial charge >= 0.3 is 0 Å². The molecule has 1 aromatic carbocycles. The van der Waals surface area contributed by atoms with Gasteiger partial charge in [0.25, 0.3) is 0 Å². The number of hydrogen-bond acceptors (Lipinski definition) is 3. The lowest BCUT2D eigenvalue weighted by Gasteiger charge is -2.18. The lowest BCUT2D eigenvalue weighted by molar-refractivity contribution is 0.540. The van der Waals surface area contributed by atoms with E-state index in [1.165, 1.54) is 6.07 Å². The molecule has 0 spiro atoms. The highest BCUT2D eigenvalue weighted by molar-refractivity contribution is 9.10. The highest BCUT2D eigenvalue weighted by Gasteiger charge is 2.19. The van der Waals surface area contributed by atoms with Crippen molar-refractivity contribution in [2.75, 3.05) is 6.54 Å². The van der Waals surface area contributed by atoms with Crippen molar-refractivity contribution in [3.8, 4) is 0 Å². The molecule has 0 saturated heterocycles. The molecular weight excluding hydrogens is 327 g/mol. The van der Waals surface area contributed by atoms with Gasteiger partial charge in [-0.25, -0.2) is 9.37 Å². The average Bonchev–Trinajstić information content (AvgIpc) is 2.80. The molecule has 1 atom stereocenters. The van der Waals surface area contributed by atoms with Crippen LogP contribution in [0.25, 0.3) is 0 Å². The van der Waals surface area contributed by atoms with E-state index in [0.29, 0.717) is 5.56 Å². The van der Waals surface area contributed by atoms with Crippen molar-refractivity contribution in [3.63, 3.8) is 0 Å². The Bertz CT molecular complexity index is 556. The van der Waals surface area contributed by atoms with Gasteiger partial charge in [-0.05, 0) is 38.1 Å². The number of halogens is 2. The quantitative estimate of drug-likeness (QED) is 0.868. The van der Waals surface area contributed by atoms with Crippen molar-refractivity contribution < 1.29 is 4.39 Å². The van der Waals surface area contributed by atoms with Crippen molar-refractivity contribution in [2.24, 2.45) is 0 Å². The molecule has 0 aliphatic carbocycles. The van der Waals surface area contributed by atoms with Crippen LogP contribution in [0.2, 0.25) is 0 Å². The van der Waals surface area contributed by atoms with Gasteiger partial charge in [-0.2, -0.15) is 0 Å². The van der Waals surface area contributed by atoms with Crippen LogP contribution in [0.15, 0.2) is 28.1 Å². The Kier molecular flexibility index (Phi) is 5.07. The van der Waals surface area contributed by atoms with Crippen LogP contribution in [0.3, 0.4) is 0 Å². The Morgan fingerprint density at radius 1 is 1.47 bits per heavy atom. The summed E-state index contributed by atoms with van der Waals surface area (Å²) in [5, 5.41) is 6.35. The van der Waals surface area contributed by atoms with Gasteiger partial charge in [-0.3, -0.25) is 0 Å². The second kappa shape index (κ2) is 6.59. The molecule has 0 radical (unpaired) electrons. The van der Waals surface area contributed by atoms with Crippen LogP contribution >= 0.6 is 27.3 Å². The normalized spacial score (nSPS) is 12.6. The summed E-state index contributed by atoms with van der Waals surface area (Å²) < 4.78 is 14.9. The summed E-state index contributed by atoms with van der Waals surface area (Å²) >= 11 is 4.98. The van der Waals surface area contributed by atoms with Crippen LogP contribution in [-0.4, -0.2) is 11.5 Å². The number of benzene rings is 1. The molecule has 102 valence electrons. The second-order valence-electron chi connectivity index (χ2n) is 4.34. The van der Waals surface area contributed by atoms with Crippen molar-refractivity contribution in [2.45, 2.75) is 26.3 Å². The highest BCUT2D eigenvalue weighted by atomic mass is 79.9. The number of nitrogens with zero attached hydrogens (tertiary/aromatic N) is 1. The highest BCUT2D eigenvalue weighted by Crippen LogP contribution is 2.28. The fourth-order valence-corrected chi connectivity index (χ4v) is 2.93. The summed E-state index contributed by atoms with van der Waals surface area (Å²) in [7, 11) is 0. The van der Waals surface area contributed by atoms with Gasteiger partial charge < -0.3 is 5.32 Å². The summed E-state index contributed by atoms with van der Waals surface area (Å²) in [5.41, 5.74) is 1.51. The molecule has 5 heteroatoms. The summed E-state index contributed by atoms with van der Waals surface area (Å²) in [5.74, 6) is -0.206. The fraction of sp³-hybridized carbons (Fsp3) is 0.357. The predicted molar refractivity (Wildman–Crippen MR) is 81.1 cm³/mol. The fourth-order valence-electron chi connectivity index (χ4n) is 1.91. The number of rotatable bonds is 5. The molecule has 0 fully saturated rings. The number of thiazole rings is 1. The maximum Gasteiger partial charge on any atom is 0.128 e. The number of nitrogens with one attached hydrogen (secondary N) is 1. The minimum atomic E-state index is -0.206. The molecule has 1 N–H and O–H groups in total. The summed E-state index contributed by atoms with van der Waals surface area (Å²) in [4.78, 5) is 4.49. The van der Waals surface area contributed by atoms with E-state index in [1.54, 1.807) is 17.4 Å². The zero-order valence-corrected chi connectivity index (χ0v) is 13.3. The van der Waals surface area contributed by atoms with Crippen LogP contribution in [0.1, 0.15) is 35.7 Å². The van der Waals surface area contributed by atoms with E-state index in [-0.39, 0.29) is 11.9 Å². The molecule has 2 nitrogen and oxygen atoms in total. The first-order valence-corrected chi connectivity index (χ1v) is 7.89. The van der Waals surface area contributed by atoms with Gasteiger partial charge in [0.05, 0.1) is 16.7 Å². The first-order valence-electron chi connectivity index (χ1n) is 6.22. The first kappa shape index (κ1) is 14.6. The van der Waals surface area contributed by atoms with Crippen LogP contribution in [0.5, 0.6) is 0 Å². The molecule has 2 rings (SSSR count). The lowest BCUT2D eigenvalue weighted by atomic mass is 10.0. The molecule has 0 aliphatic rings. The summed E-state index contributed by atoms with van der Waals surface area (Å²) in [6, 6.07) is 4.82. The Labute approximate surface area is 125 Å². The molecule has 2 aromatic rings. The van der Waals surface area contributed by atoms with Gasteiger partial charge in [0, 0.05) is 15.4 Å². The van der Waals surface area contributed by atoms with Gasteiger partial charge in [-0.1, -0.05) is 22.9 Å². The first-order chi connectivity index (χ1) is 9.11. The minimum Gasteiger partial charge on any atom is -0.305 e. The molecule has 1 heterocycles. The van der Waals surface area contributed by atoms with Crippen LogP contribution < -0.4 is 5.32 Å². The maximum absolute atomic E-state index is 14.1. The number of aromatic nitrogens is 1. The molecule has 0 bridgehead atoms. The molecule has 0 amide bonds. The smallest absolute Gasteiger partial charge is 0.128 e.